The molecule has 38 heavy (non-hydrogen) atoms. The fourth-order valence-corrected chi connectivity index (χ4v) is 3.52. The van der Waals surface area contributed by atoms with Gasteiger partial charge in [0, 0.05) is 27.2 Å². The summed E-state index contributed by atoms with van der Waals surface area (Å²) in [4.78, 5) is 37.2. The van der Waals surface area contributed by atoms with Gasteiger partial charge in [0.25, 0.3) is 5.91 Å². The zero-order chi connectivity index (χ0) is 26.7. The second kappa shape index (κ2) is 12.9. The molecule has 188 valence electrons. The second-order valence-corrected chi connectivity index (χ2v) is 8.71. The molecule has 8 heteroatoms. The van der Waals surface area contributed by atoms with E-state index in [4.69, 9.17) is 9.47 Å². The number of carbonyl (C=O) groups excluding carboxylic acids is 3. The number of rotatable bonds is 8. The maximum absolute atomic E-state index is 12.6. The van der Waals surface area contributed by atoms with Crippen molar-refractivity contribution in [3.05, 3.63) is 136 Å². The molecule has 4 rings (SSSR count). The van der Waals surface area contributed by atoms with Crippen molar-refractivity contribution in [1.29, 1.82) is 0 Å². The number of carbonyl (C=O) groups is 3. The number of nitrogens with zero attached hydrogens (tertiary/aromatic N) is 1. The van der Waals surface area contributed by atoms with Crippen LogP contribution >= 0.6 is 15.9 Å². The molecule has 1 N–H and O–H groups in total. The first-order valence-electron chi connectivity index (χ1n) is 11.4. The molecule has 0 spiro atoms. The highest BCUT2D eigenvalue weighted by molar-refractivity contribution is 9.10. The summed E-state index contributed by atoms with van der Waals surface area (Å²) in [6.45, 7) is 0. The summed E-state index contributed by atoms with van der Waals surface area (Å²) >= 11 is 3.33. The summed E-state index contributed by atoms with van der Waals surface area (Å²) in [7, 11) is 0. The van der Waals surface area contributed by atoms with Crippen LogP contribution in [0.15, 0.2) is 119 Å². The predicted octanol–water partition coefficient (Wildman–Crippen LogP) is 6.05. The van der Waals surface area contributed by atoms with Crippen molar-refractivity contribution in [3.63, 3.8) is 0 Å². The fourth-order valence-electron chi connectivity index (χ4n) is 3.25. The Hall–Kier alpha value is -4.82. The molecule has 0 aliphatic carbocycles. The molecule has 0 saturated heterocycles. The first-order valence-corrected chi connectivity index (χ1v) is 12.2. The third kappa shape index (κ3) is 7.35. The van der Waals surface area contributed by atoms with Gasteiger partial charge in [-0.3, -0.25) is 4.79 Å². The Balaban J connectivity index is 1.40. The van der Waals surface area contributed by atoms with E-state index in [2.05, 4.69) is 26.5 Å². The first-order chi connectivity index (χ1) is 18.5. The molecule has 0 aliphatic heterocycles. The van der Waals surface area contributed by atoms with Crippen LogP contribution in [-0.2, 0) is 4.79 Å². The van der Waals surface area contributed by atoms with E-state index in [9.17, 15) is 14.4 Å². The van der Waals surface area contributed by atoms with Crippen LogP contribution in [0.3, 0.4) is 0 Å². The number of halogens is 1. The van der Waals surface area contributed by atoms with Crippen LogP contribution in [0.1, 0.15) is 31.8 Å². The van der Waals surface area contributed by atoms with E-state index in [0.717, 1.165) is 4.47 Å². The van der Waals surface area contributed by atoms with Crippen LogP contribution in [0, 0.1) is 0 Å². The zero-order valence-electron chi connectivity index (χ0n) is 19.9. The third-order valence-electron chi connectivity index (χ3n) is 5.14. The Bertz CT molecular complexity index is 1500. The molecule has 0 heterocycles. The van der Waals surface area contributed by atoms with Crippen molar-refractivity contribution in [3.8, 4) is 11.5 Å². The largest absolute Gasteiger partial charge is 0.423 e. The molecule has 0 unspecified atom stereocenters. The Morgan fingerprint density at radius 1 is 0.684 bits per heavy atom. The van der Waals surface area contributed by atoms with Crippen LogP contribution in [0.25, 0.3) is 6.08 Å². The minimum atomic E-state index is -0.645. The highest BCUT2D eigenvalue weighted by Gasteiger charge is 2.11. The average molecular weight is 569 g/mol. The van der Waals surface area contributed by atoms with Gasteiger partial charge in [-0.25, -0.2) is 15.0 Å². The lowest BCUT2D eigenvalue weighted by Crippen LogP contribution is -2.17. The number of hydrogen-bond acceptors (Lipinski definition) is 6. The van der Waals surface area contributed by atoms with Gasteiger partial charge in [-0.2, -0.15) is 5.10 Å². The molecule has 0 saturated carbocycles. The molecule has 0 fully saturated rings. The van der Waals surface area contributed by atoms with Crippen LogP contribution in [-0.4, -0.2) is 24.1 Å². The molecular weight excluding hydrogens is 548 g/mol. The average Bonchev–Trinajstić information content (AvgIpc) is 2.94. The van der Waals surface area contributed by atoms with E-state index in [1.54, 1.807) is 97.1 Å². The second-order valence-electron chi connectivity index (χ2n) is 7.79. The van der Waals surface area contributed by atoms with Crippen LogP contribution in [0.5, 0.6) is 11.5 Å². The summed E-state index contributed by atoms with van der Waals surface area (Å²) < 4.78 is 11.8. The number of nitrogens with one attached hydrogen (secondary N) is 1. The number of benzene rings is 4. The van der Waals surface area contributed by atoms with Gasteiger partial charge < -0.3 is 9.47 Å². The molecule has 0 aliphatic rings. The highest BCUT2D eigenvalue weighted by Crippen LogP contribution is 2.22. The summed E-state index contributed by atoms with van der Waals surface area (Å²) in [6, 6.07) is 29.1. The van der Waals surface area contributed by atoms with E-state index in [1.165, 1.54) is 18.4 Å². The van der Waals surface area contributed by atoms with Crippen LogP contribution < -0.4 is 14.9 Å². The molecule has 0 atom stereocenters. The van der Waals surface area contributed by atoms with Gasteiger partial charge in [-0.15, -0.1) is 0 Å². The van der Waals surface area contributed by atoms with Gasteiger partial charge in [0.15, 0.2) is 0 Å². The number of hydrazone groups is 1. The molecule has 7 nitrogen and oxygen atoms in total. The number of amides is 1. The zero-order valence-corrected chi connectivity index (χ0v) is 21.5. The van der Waals surface area contributed by atoms with E-state index in [-0.39, 0.29) is 11.7 Å². The van der Waals surface area contributed by atoms with E-state index < -0.39 is 11.9 Å². The van der Waals surface area contributed by atoms with E-state index in [0.29, 0.717) is 28.0 Å². The minimum Gasteiger partial charge on any atom is -0.423 e. The monoisotopic (exact) mass is 568 g/mol. The Kier molecular flexibility index (Phi) is 8.93. The standard InChI is InChI=1S/C30H21BrN2O5/c31-25-17-14-23(15-18-25)30(36)38-26-12-6-4-8-21(26)16-19-28(34)37-27-13-7-5-11-24(27)20-32-33-29(35)22-9-2-1-3-10-22/h1-20H,(H,33,35)/b19-16+,32-20+. The van der Waals surface area contributed by atoms with E-state index >= 15 is 0 Å². The number of esters is 2. The number of hydrogen-bond donors (Lipinski definition) is 1. The summed E-state index contributed by atoms with van der Waals surface area (Å²) in [5.41, 5.74) is 4.32. The van der Waals surface area contributed by atoms with Gasteiger partial charge in [0.1, 0.15) is 11.5 Å². The van der Waals surface area contributed by atoms with Crippen molar-refractivity contribution in [2.45, 2.75) is 0 Å². The SMILES string of the molecule is O=C(/C=C/c1ccccc1OC(=O)c1ccc(Br)cc1)Oc1ccccc1/C=N/NC(=O)c1ccccc1. The maximum Gasteiger partial charge on any atom is 0.343 e. The predicted molar refractivity (Wildman–Crippen MR) is 148 cm³/mol. The van der Waals surface area contributed by atoms with Crippen LogP contribution in [0.4, 0.5) is 0 Å². The lowest BCUT2D eigenvalue weighted by Gasteiger charge is -2.08. The molecule has 0 radical (unpaired) electrons. The molecule has 1 amide bonds. The molecule has 0 aromatic heterocycles. The van der Waals surface area contributed by atoms with E-state index in [1.807, 2.05) is 6.07 Å². The van der Waals surface area contributed by atoms with Crippen LogP contribution in [0.2, 0.25) is 0 Å². The highest BCUT2D eigenvalue weighted by atomic mass is 79.9. The number of ether oxygens (including phenoxy) is 2. The Morgan fingerprint density at radius 2 is 1.29 bits per heavy atom. The van der Waals surface area contributed by atoms with Crippen molar-refractivity contribution < 1.29 is 23.9 Å². The first kappa shape index (κ1) is 26.2. The summed E-state index contributed by atoms with van der Waals surface area (Å²) in [6.07, 6.45) is 4.13. The third-order valence-corrected chi connectivity index (χ3v) is 5.66. The molecule has 0 bridgehead atoms. The quantitative estimate of drug-likeness (QED) is 0.0917. The van der Waals surface area contributed by atoms with Crippen molar-refractivity contribution in [2.24, 2.45) is 5.10 Å². The van der Waals surface area contributed by atoms with Gasteiger partial charge in [0.2, 0.25) is 0 Å². The summed E-state index contributed by atoms with van der Waals surface area (Å²) in [5.74, 6) is -0.971. The normalized spacial score (nSPS) is 10.9. The van der Waals surface area contributed by atoms with Gasteiger partial charge in [-0.05, 0) is 60.7 Å². The Labute approximate surface area is 227 Å². The Morgan fingerprint density at radius 3 is 2.00 bits per heavy atom. The van der Waals surface area contributed by atoms with Gasteiger partial charge in [-0.1, -0.05) is 64.5 Å². The topological polar surface area (TPSA) is 94.1 Å². The van der Waals surface area contributed by atoms with Crippen molar-refractivity contribution in [2.75, 3.05) is 0 Å². The molecular formula is C30H21BrN2O5. The van der Waals surface area contributed by atoms with Gasteiger partial charge in [0.05, 0.1) is 11.8 Å². The number of para-hydroxylation sites is 2. The smallest absolute Gasteiger partial charge is 0.343 e. The molecule has 4 aromatic carbocycles. The summed E-state index contributed by atoms with van der Waals surface area (Å²) in [5, 5.41) is 3.96. The minimum absolute atomic E-state index is 0.259. The molecule has 4 aromatic rings. The van der Waals surface area contributed by atoms with Gasteiger partial charge >= 0.3 is 11.9 Å². The lowest BCUT2D eigenvalue weighted by molar-refractivity contribution is -0.128. The van der Waals surface area contributed by atoms with Crippen molar-refractivity contribution in [1.82, 2.24) is 5.43 Å². The maximum atomic E-state index is 12.6. The lowest BCUT2D eigenvalue weighted by atomic mass is 10.2. The fraction of sp³-hybridized carbons (Fsp3) is 0. The van der Waals surface area contributed by atoms with Crippen molar-refractivity contribution >= 4 is 46.1 Å².